The van der Waals surface area contributed by atoms with Crippen molar-refractivity contribution in [2.45, 2.75) is 6.92 Å². The average Bonchev–Trinajstić information content (AvgIpc) is 2.65. The third kappa shape index (κ3) is 8.18. The van der Waals surface area contributed by atoms with Crippen LogP contribution in [0.25, 0.3) is 0 Å². The number of hydrogen-bond acceptors (Lipinski definition) is 4. The first-order valence-electron chi connectivity index (χ1n) is 7.60. The Morgan fingerprint density at radius 2 is 0.846 bits per heavy atom. The second kappa shape index (κ2) is 13.0. The molecule has 0 aliphatic heterocycles. The fourth-order valence-corrected chi connectivity index (χ4v) is 2.75. The zero-order valence-electron chi connectivity index (χ0n) is 14.1. The predicted octanol–water partition coefficient (Wildman–Crippen LogP) is 5.56. The molecule has 0 saturated carbocycles. The topological polar surface area (TPSA) is 44.8 Å². The van der Waals surface area contributed by atoms with Crippen molar-refractivity contribution in [1.29, 1.82) is 0 Å². The Hall–Kier alpha value is -2.31. The number of benzene rings is 3. The van der Waals surface area contributed by atoms with E-state index in [1.807, 2.05) is 91.0 Å². The van der Waals surface area contributed by atoms with Gasteiger partial charge in [0, 0.05) is 0 Å². The van der Waals surface area contributed by atoms with Crippen molar-refractivity contribution >= 4 is 14.9 Å². The van der Waals surface area contributed by atoms with E-state index in [0.717, 1.165) is 0 Å². The van der Waals surface area contributed by atoms with Gasteiger partial charge < -0.3 is 18.4 Å². The van der Waals surface area contributed by atoms with E-state index in [9.17, 15) is 0 Å². The van der Waals surface area contributed by atoms with E-state index in [1.165, 1.54) is 13.2 Å². The van der Waals surface area contributed by atoms with E-state index in [-0.39, 0.29) is 17.4 Å². The van der Waals surface area contributed by atoms with E-state index in [0.29, 0.717) is 17.2 Å². The van der Waals surface area contributed by atoms with Crippen LogP contribution in [0.2, 0.25) is 0 Å². The van der Waals surface area contributed by atoms with Crippen LogP contribution in [0.3, 0.4) is 0 Å². The van der Waals surface area contributed by atoms with Gasteiger partial charge in [0.05, 0.1) is 0 Å². The van der Waals surface area contributed by atoms with Gasteiger partial charge in [-0.3, -0.25) is 6.29 Å². The summed E-state index contributed by atoms with van der Waals surface area (Å²) in [5, 5.41) is 0. The molecule has 26 heavy (non-hydrogen) atoms. The molecule has 0 fully saturated rings. The van der Waals surface area contributed by atoms with Gasteiger partial charge in [0.1, 0.15) is 17.2 Å². The van der Waals surface area contributed by atoms with Crippen LogP contribution >= 0.6 is 8.60 Å². The predicted molar refractivity (Wildman–Crippen MR) is 99.5 cm³/mol. The third-order valence-corrected chi connectivity index (χ3v) is 3.85. The summed E-state index contributed by atoms with van der Waals surface area (Å²) in [5.41, 5.74) is 0. The van der Waals surface area contributed by atoms with Crippen LogP contribution in [0.15, 0.2) is 91.0 Å². The summed E-state index contributed by atoms with van der Waals surface area (Å²) in [6.07, 6.45) is 1.50. The Morgan fingerprint density at radius 1 is 0.615 bits per heavy atom. The Bertz CT molecular complexity index is 628. The SMILES string of the molecule is C[C-]=O.[Cr+3].c1ccc(OP(Oc2ccccc2)Oc2ccccc2)cc1. The molecule has 3 aromatic rings. The Labute approximate surface area is 165 Å². The van der Waals surface area contributed by atoms with E-state index in [4.69, 9.17) is 18.4 Å². The van der Waals surface area contributed by atoms with Gasteiger partial charge in [-0.15, -0.1) is 0 Å². The smallest absolute Gasteiger partial charge is 0.542 e. The number of para-hydroxylation sites is 3. The Kier molecular flexibility index (Phi) is 10.8. The normalized spacial score (nSPS) is 9.15. The molecular formula is C20H18CrO4P+2. The minimum absolute atomic E-state index is 0. The fourth-order valence-electron chi connectivity index (χ4n) is 1.76. The largest absolute Gasteiger partial charge is 3.00 e. The molecule has 0 amide bonds. The summed E-state index contributed by atoms with van der Waals surface area (Å²) in [7, 11) is -1.59. The summed E-state index contributed by atoms with van der Waals surface area (Å²) in [6.45, 7) is 1.32. The first-order valence-corrected chi connectivity index (χ1v) is 8.69. The standard InChI is InChI=1S/C18H15O3P.C2H3O.Cr/c1-4-10-16(11-5-1)19-22(20-17-12-6-2-7-13-17)21-18-14-8-3-9-15-18;1-2-3;/h1-15H;1H3;/q;-1;+3. The van der Waals surface area contributed by atoms with E-state index < -0.39 is 8.60 Å². The second-order valence-corrected chi connectivity index (χ2v) is 5.64. The summed E-state index contributed by atoms with van der Waals surface area (Å²) in [6, 6.07) is 28.5. The maximum absolute atomic E-state index is 8.68. The number of carbonyl (C=O) groups excluding carboxylic acids is 1. The summed E-state index contributed by atoms with van der Waals surface area (Å²) in [5.74, 6) is 2.13. The number of rotatable bonds is 6. The van der Waals surface area contributed by atoms with Crippen LogP contribution in [0, 0.1) is 0 Å². The maximum atomic E-state index is 8.68. The van der Waals surface area contributed by atoms with Gasteiger partial charge in [0.2, 0.25) is 0 Å². The number of hydrogen-bond donors (Lipinski definition) is 0. The Balaban J connectivity index is 0.000000791. The van der Waals surface area contributed by atoms with Gasteiger partial charge in [-0.1, -0.05) is 54.6 Å². The van der Waals surface area contributed by atoms with Crippen LogP contribution in [-0.4, -0.2) is 6.29 Å². The summed E-state index contributed by atoms with van der Waals surface area (Å²) < 4.78 is 17.5. The quantitative estimate of drug-likeness (QED) is 0.398. The molecule has 0 saturated heterocycles. The molecule has 0 aliphatic carbocycles. The molecule has 3 rings (SSSR count). The molecule has 0 bridgehead atoms. The van der Waals surface area contributed by atoms with Crippen LogP contribution in [0.5, 0.6) is 17.2 Å². The fraction of sp³-hybridized carbons (Fsp3) is 0.0500. The van der Waals surface area contributed by atoms with Crippen molar-refractivity contribution < 1.29 is 35.7 Å². The summed E-state index contributed by atoms with van der Waals surface area (Å²) in [4.78, 5) is 8.68. The molecule has 0 atom stereocenters. The minimum atomic E-state index is -1.59. The second-order valence-electron chi connectivity index (χ2n) is 4.64. The molecular weight excluding hydrogens is 387 g/mol. The molecule has 131 valence electrons. The first kappa shape index (κ1) is 21.7. The molecule has 4 nitrogen and oxygen atoms in total. The van der Waals surface area contributed by atoms with Crippen molar-refractivity contribution in [3.63, 3.8) is 0 Å². The molecule has 0 unspecified atom stereocenters. The van der Waals surface area contributed by atoms with Gasteiger partial charge in [0.25, 0.3) is 0 Å². The molecule has 1 radical (unpaired) electrons. The van der Waals surface area contributed by atoms with Crippen LogP contribution in [0.4, 0.5) is 0 Å². The molecule has 0 N–H and O–H groups in total. The third-order valence-electron chi connectivity index (χ3n) is 2.77. The van der Waals surface area contributed by atoms with Gasteiger partial charge in [-0.2, -0.15) is 6.92 Å². The van der Waals surface area contributed by atoms with E-state index in [2.05, 4.69) is 0 Å². The van der Waals surface area contributed by atoms with Gasteiger partial charge in [-0.05, 0) is 36.4 Å². The monoisotopic (exact) mass is 405 g/mol. The molecule has 0 aromatic heterocycles. The molecule has 0 aliphatic rings. The van der Waals surface area contributed by atoms with Crippen molar-refractivity contribution in [2.75, 3.05) is 0 Å². The zero-order chi connectivity index (χ0) is 17.7. The van der Waals surface area contributed by atoms with Crippen molar-refractivity contribution in [1.82, 2.24) is 0 Å². The van der Waals surface area contributed by atoms with Crippen LogP contribution in [0.1, 0.15) is 6.92 Å². The molecule has 0 heterocycles. The van der Waals surface area contributed by atoms with Gasteiger partial charge in [-0.25, -0.2) is 0 Å². The maximum Gasteiger partial charge on any atom is 3.00 e. The zero-order valence-corrected chi connectivity index (χ0v) is 16.3. The average molecular weight is 405 g/mol. The summed E-state index contributed by atoms with van der Waals surface area (Å²) >= 11 is 0. The molecule has 0 spiro atoms. The van der Waals surface area contributed by atoms with Gasteiger partial charge >= 0.3 is 26.0 Å². The molecule has 3 aromatic carbocycles. The van der Waals surface area contributed by atoms with Crippen LogP contribution in [-0.2, 0) is 22.2 Å². The van der Waals surface area contributed by atoms with E-state index >= 15 is 0 Å². The Morgan fingerprint density at radius 3 is 1.08 bits per heavy atom. The van der Waals surface area contributed by atoms with Crippen molar-refractivity contribution in [3.8, 4) is 17.2 Å². The first-order chi connectivity index (χ1) is 12.3. The van der Waals surface area contributed by atoms with Crippen molar-refractivity contribution in [3.05, 3.63) is 91.0 Å². The van der Waals surface area contributed by atoms with E-state index in [1.54, 1.807) is 0 Å². The van der Waals surface area contributed by atoms with Crippen LogP contribution < -0.4 is 13.6 Å². The van der Waals surface area contributed by atoms with Gasteiger partial charge in [0.15, 0.2) is 0 Å². The van der Waals surface area contributed by atoms with Crippen molar-refractivity contribution in [2.24, 2.45) is 0 Å². The minimum Gasteiger partial charge on any atom is -0.542 e. The molecule has 6 heteroatoms.